The van der Waals surface area contributed by atoms with Crippen LogP contribution in [0.5, 0.6) is 0 Å². The van der Waals surface area contributed by atoms with Crippen molar-refractivity contribution in [3.05, 3.63) is 29.6 Å². The molecular weight excluding hydrogens is 243 g/mol. The zero-order chi connectivity index (χ0) is 14.6. The number of hydrogen-bond donors (Lipinski definition) is 1. The minimum absolute atomic E-state index is 0.0251. The number of hydrogen-bond acceptors (Lipinski definition) is 2. The quantitative estimate of drug-likeness (QED) is 0.902. The van der Waals surface area contributed by atoms with E-state index in [9.17, 15) is 9.18 Å². The predicted molar refractivity (Wildman–Crippen MR) is 73.0 cm³/mol. The van der Waals surface area contributed by atoms with E-state index in [4.69, 9.17) is 5.26 Å². The summed E-state index contributed by atoms with van der Waals surface area (Å²) >= 11 is 0. The van der Waals surface area contributed by atoms with Gasteiger partial charge in [0.15, 0.2) is 0 Å². The number of anilines is 1. The van der Waals surface area contributed by atoms with E-state index >= 15 is 0 Å². The molecule has 1 aromatic carbocycles. The zero-order valence-electron chi connectivity index (χ0n) is 11.7. The first-order valence-corrected chi connectivity index (χ1v) is 6.24. The third-order valence-electron chi connectivity index (χ3n) is 3.37. The van der Waals surface area contributed by atoms with Gasteiger partial charge in [0.2, 0.25) is 5.91 Å². The summed E-state index contributed by atoms with van der Waals surface area (Å²) in [4.78, 5) is 11.9. The molecule has 0 fully saturated rings. The molecule has 4 heteroatoms. The van der Waals surface area contributed by atoms with Crippen molar-refractivity contribution in [3.8, 4) is 6.07 Å². The van der Waals surface area contributed by atoms with E-state index in [0.717, 1.165) is 0 Å². The number of benzene rings is 1. The molecule has 0 aromatic heterocycles. The standard InChI is InChI=1S/C15H19FN2O/c1-10(15(2,3)4)8-14(19)18-13-7-5-6-12(16)11(13)9-17/h5-7,10H,8H2,1-4H3,(H,18,19). The van der Waals surface area contributed by atoms with Gasteiger partial charge in [0, 0.05) is 6.42 Å². The number of halogens is 1. The Kier molecular flexibility index (Phi) is 4.66. The van der Waals surface area contributed by atoms with Crippen LogP contribution in [0.2, 0.25) is 0 Å². The second-order valence-electron chi connectivity index (χ2n) is 5.79. The van der Waals surface area contributed by atoms with Crippen molar-refractivity contribution in [2.75, 3.05) is 5.32 Å². The van der Waals surface area contributed by atoms with Crippen molar-refractivity contribution in [2.24, 2.45) is 11.3 Å². The Balaban J connectivity index is 2.79. The van der Waals surface area contributed by atoms with Crippen LogP contribution in [0.3, 0.4) is 0 Å². The summed E-state index contributed by atoms with van der Waals surface area (Å²) in [6.07, 6.45) is 0.338. The largest absolute Gasteiger partial charge is 0.325 e. The molecule has 0 aliphatic heterocycles. The van der Waals surface area contributed by atoms with E-state index in [0.29, 0.717) is 6.42 Å². The Labute approximate surface area is 113 Å². The van der Waals surface area contributed by atoms with Gasteiger partial charge in [-0.25, -0.2) is 4.39 Å². The van der Waals surface area contributed by atoms with Crippen molar-refractivity contribution in [2.45, 2.75) is 34.1 Å². The maximum atomic E-state index is 13.4. The average Bonchev–Trinajstić information content (AvgIpc) is 2.27. The van der Waals surface area contributed by atoms with Gasteiger partial charge in [-0.1, -0.05) is 33.8 Å². The van der Waals surface area contributed by atoms with E-state index < -0.39 is 5.82 Å². The number of amides is 1. The Hall–Kier alpha value is -1.89. The minimum Gasteiger partial charge on any atom is -0.325 e. The van der Waals surface area contributed by atoms with Gasteiger partial charge in [0.1, 0.15) is 17.4 Å². The molecular formula is C15H19FN2O. The fourth-order valence-electron chi connectivity index (χ4n) is 1.53. The lowest BCUT2D eigenvalue weighted by Crippen LogP contribution is -2.24. The molecule has 1 rings (SSSR count). The van der Waals surface area contributed by atoms with Gasteiger partial charge in [-0.2, -0.15) is 5.26 Å². The van der Waals surface area contributed by atoms with E-state index in [1.54, 1.807) is 6.07 Å². The number of carbonyl (C=O) groups excluding carboxylic acids is 1. The second kappa shape index (κ2) is 5.83. The lowest BCUT2D eigenvalue weighted by Gasteiger charge is -2.26. The van der Waals surface area contributed by atoms with E-state index in [-0.39, 0.29) is 28.5 Å². The normalized spacial score (nSPS) is 12.6. The highest BCUT2D eigenvalue weighted by Gasteiger charge is 2.23. The van der Waals surface area contributed by atoms with Crippen LogP contribution in [0.25, 0.3) is 0 Å². The van der Waals surface area contributed by atoms with Crippen LogP contribution in [0, 0.1) is 28.5 Å². The first-order chi connectivity index (χ1) is 8.75. The Morgan fingerprint density at radius 3 is 2.63 bits per heavy atom. The minimum atomic E-state index is -0.621. The predicted octanol–water partition coefficient (Wildman–Crippen LogP) is 3.71. The number of carbonyl (C=O) groups is 1. The van der Waals surface area contributed by atoms with E-state index in [2.05, 4.69) is 26.1 Å². The van der Waals surface area contributed by atoms with Gasteiger partial charge in [0.05, 0.1) is 5.69 Å². The molecule has 0 heterocycles. The number of nitrogens with one attached hydrogen (secondary N) is 1. The molecule has 1 amide bonds. The first kappa shape index (κ1) is 15.2. The van der Waals surface area contributed by atoms with Crippen molar-refractivity contribution >= 4 is 11.6 Å². The van der Waals surface area contributed by atoms with Gasteiger partial charge in [0.25, 0.3) is 0 Å². The SMILES string of the molecule is CC(CC(=O)Nc1cccc(F)c1C#N)C(C)(C)C. The number of rotatable bonds is 3. The Morgan fingerprint density at radius 2 is 2.11 bits per heavy atom. The molecule has 0 bridgehead atoms. The van der Waals surface area contributed by atoms with Gasteiger partial charge < -0.3 is 5.32 Å². The van der Waals surface area contributed by atoms with Gasteiger partial charge in [-0.15, -0.1) is 0 Å². The summed E-state index contributed by atoms with van der Waals surface area (Å²) in [5, 5.41) is 11.5. The van der Waals surface area contributed by atoms with Crippen LogP contribution in [-0.2, 0) is 4.79 Å². The van der Waals surface area contributed by atoms with Crippen LogP contribution in [0.4, 0.5) is 10.1 Å². The van der Waals surface area contributed by atoms with Gasteiger partial charge in [-0.05, 0) is 23.5 Å². The lowest BCUT2D eigenvalue weighted by atomic mass is 9.80. The third kappa shape index (κ3) is 4.06. The summed E-state index contributed by atoms with van der Waals surface area (Å²) in [7, 11) is 0. The molecule has 3 nitrogen and oxygen atoms in total. The van der Waals surface area contributed by atoms with Crippen molar-refractivity contribution in [1.29, 1.82) is 5.26 Å². The molecule has 0 radical (unpaired) electrons. The van der Waals surface area contributed by atoms with Gasteiger partial charge >= 0.3 is 0 Å². The average molecular weight is 262 g/mol. The molecule has 1 N–H and O–H groups in total. The molecule has 1 aromatic rings. The second-order valence-corrected chi connectivity index (χ2v) is 5.79. The van der Waals surface area contributed by atoms with E-state index in [1.807, 2.05) is 6.92 Å². The molecule has 1 unspecified atom stereocenters. The highest BCUT2D eigenvalue weighted by molar-refractivity contribution is 5.92. The van der Waals surface area contributed by atoms with Crippen LogP contribution in [-0.4, -0.2) is 5.91 Å². The summed E-state index contributed by atoms with van der Waals surface area (Å²) in [5.41, 5.74) is 0.130. The maximum absolute atomic E-state index is 13.4. The molecule has 1 atom stereocenters. The molecule has 19 heavy (non-hydrogen) atoms. The Bertz CT molecular complexity index is 512. The van der Waals surface area contributed by atoms with Crippen LogP contribution < -0.4 is 5.32 Å². The summed E-state index contributed by atoms with van der Waals surface area (Å²) in [6, 6.07) is 5.96. The van der Waals surface area contributed by atoms with Crippen molar-refractivity contribution in [3.63, 3.8) is 0 Å². The third-order valence-corrected chi connectivity index (χ3v) is 3.37. The molecule has 0 saturated carbocycles. The van der Waals surface area contributed by atoms with Crippen LogP contribution >= 0.6 is 0 Å². The fraction of sp³-hybridized carbons (Fsp3) is 0.467. The zero-order valence-corrected chi connectivity index (χ0v) is 11.7. The molecule has 0 saturated heterocycles. The Morgan fingerprint density at radius 1 is 1.47 bits per heavy atom. The van der Waals surface area contributed by atoms with Crippen molar-refractivity contribution < 1.29 is 9.18 Å². The van der Waals surface area contributed by atoms with Crippen LogP contribution in [0.1, 0.15) is 39.7 Å². The molecule has 0 spiro atoms. The topological polar surface area (TPSA) is 52.9 Å². The molecule has 102 valence electrons. The number of nitrogens with zero attached hydrogens (tertiary/aromatic N) is 1. The summed E-state index contributed by atoms with van der Waals surface area (Å²) in [5.74, 6) is -0.639. The van der Waals surface area contributed by atoms with E-state index in [1.165, 1.54) is 18.2 Å². The molecule has 0 aliphatic rings. The summed E-state index contributed by atoms with van der Waals surface area (Å²) < 4.78 is 13.4. The lowest BCUT2D eigenvalue weighted by molar-refractivity contribution is -0.117. The number of nitriles is 1. The molecule has 0 aliphatic carbocycles. The monoisotopic (exact) mass is 262 g/mol. The smallest absolute Gasteiger partial charge is 0.224 e. The summed E-state index contributed by atoms with van der Waals surface area (Å²) in [6.45, 7) is 8.19. The highest BCUT2D eigenvalue weighted by atomic mass is 19.1. The maximum Gasteiger partial charge on any atom is 0.224 e. The van der Waals surface area contributed by atoms with Crippen LogP contribution in [0.15, 0.2) is 18.2 Å². The van der Waals surface area contributed by atoms with Gasteiger partial charge in [-0.3, -0.25) is 4.79 Å². The first-order valence-electron chi connectivity index (χ1n) is 6.24. The fourth-order valence-corrected chi connectivity index (χ4v) is 1.53. The van der Waals surface area contributed by atoms with Crippen molar-refractivity contribution in [1.82, 2.24) is 0 Å². The highest BCUT2D eigenvalue weighted by Crippen LogP contribution is 2.28.